The highest BCUT2D eigenvalue weighted by Crippen LogP contribution is 2.02. The molecule has 1 rings (SSSR count). The Bertz CT molecular complexity index is 189. The second kappa shape index (κ2) is 6.76. The van der Waals surface area contributed by atoms with Gasteiger partial charge in [-0.15, -0.1) is 0 Å². The number of carbonyl (C=O) groups excluding carboxylic acids is 1. The van der Waals surface area contributed by atoms with E-state index < -0.39 is 0 Å². The molecule has 0 spiro atoms. The van der Waals surface area contributed by atoms with Crippen molar-refractivity contribution in [1.82, 2.24) is 5.32 Å². The van der Waals surface area contributed by atoms with Crippen LogP contribution >= 0.6 is 0 Å². The van der Waals surface area contributed by atoms with E-state index in [0.29, 0.717) is 32.9 Å². The molecule has 1 fully saturated rings. The quantitative estimate of drug-likeness (QED) is 0.650. The minimum absolute atomic E-state index is 0.00849. The lowest BCUT2D eigenvalue weighted by Crippen LogP contribution is -2.43. The zero-order chi connectivity index (χ0) is 11.1. The predicted molar refractivity (Wildman–Crippen MR) is 56.4 cm³/mol. The number of nitrogens with two attached hydrogens (primary N) is 1. The monoisotopic (exact) mass is 216 g/mol. The molecule has 0 aromatic heterocycles. The molecular formula is C10H20N2O3. The minimum Gasteiger partial charge on any atom is -0.376 e. The number of nitrogens with one attached hydrogen (secondary N) is 1. The second-order valence-corrected chi connectivity index (χ2v) is 3.65. The molecule has 2 unspecified atom stereocenters. The molecule has 0 bridgehead atoms. The van der Waals surface area contributed by atoms with Crippen LogP contribution in [0.3, 0.4) is 0 Å². The zero-order valence-electron chi connectivity index (χ0n) is 9.20. The van der Waals surface area contributed by atoms with Crippen LogP contribution in [0.15, 0.2) is 0 Å². The third kappa shape index (κ3) is 4.15. The Kier molecular flexibility index (Phi) is 5.60. The molecule has 3 N–H and O–H groups in total. The Labute approximate surface area is 90.3 Å². The zero-order valence-corrected chi connectivity index (χ0v) is 9.20. The van der Waals surface area contributed by atoms with Gasteiger partial charge < -0.3 is 20.5 Å². The fourth-order valence-electron chi connectivity index (χ4n) is 1.47. The smallest absolute Gasteiger partial charge is 0.224 e. The Morgan fingerprint density at radius 3 is 2.93 bits per heavy atom. The van der Waals surface area contributed by atoms with Crippen molar-refractivity contribution in [3.8, 4) is 0 Å². The number of carbonyl (C=O) groups is 1. The first-order valence-corrected chi connectivity index (χ1v) is 5.45. The molecule has 1 amide bonds. The largest absolute Gasteiger partial charge is 0.376 e. The standard InChI is InChI=1S/C10H20N2O3/c1-2-8(5-11)10(13)12-6-9-7-14-3-4-15-9/h8-9H,2-7,11H2,1H3,(H,12,13). The van der Waals surface area contributed by atoms with Crippen LogP contribution in [0.25, 0.3) is 0 Å². The minimum atomic E-state index is -0.0884. The molecule has 88 valence electrons. The molecule has 0 aromatic rings. The van der Waals surface area contributed by atoms with Crippen LogP contribution in [-0.2, 0) is 14.3 Å². The highest BCUT2D eigenvalue weighted by atomic mass is 16.6. The Hall–Kier alpha value is -0.650. The molecule has 2 atom stereocenters. The Balaban J connectivity index is 2.20. The summed E-state index contributed by atoms with van der Waals surface area (Å²) in [5, 5.41) is 2.83. The number of rotatable bonds is 5. The molecule has 0 saturated carbocycles. The van der Waals surface area contributed by atoms with Crippen LogP contribution < -0.4 is 11.1 Å². The topological polar surface area (TPSA) is 73.6 Å². The number of hydrogen-bond acceptors (Lipinski definition) is 4. The first-order valence-electron chi connectivity index (χ1n) is 5.45. The third-order valence-corrected chi connectivity index (χ3v) is 2.54. The van der Waals surface area contributed by atoms with E-state index in [0.717, 1.165) is 6.42 Å². The summed E-state index contributed by atoms with van der Waals surface area (Å²) >= 11 is 0. The maximum absolute atomic E-state index is 11.6. The summed E-state index contributed by atoms with van der Waals surface area (Å²) in [5.74, 6) is -0.0799. The van der Waals surface area contributed by atoms with Gasteiger partial charge in [0, 0.05) is 19.0 Å². The SMILES string of the molecule is CCC(CN)C(=O)NCC1COCCO1. The van der Waals surface area contributed by atoms with Crippen molar-refractivity contribution in [2.75, 3.05) is 32.9 Å². The maximum atomic E-state index is 11.6. The van der Waals surface area contributed by atoms with Gasteiger partial charge in [-0.05, 0) is 6.42 Å². The lowest BCUT2D eigenvalue weighted by molar-refractivity contribution is -0.127. The summed E-state index contributed by atoms with van der Waals surface area (Å²) in [6.45, 7) is 4.66. The highest BCUT2D eigenvalue weighted by Gasteiger charge is 2.18. The average molecular weight is 216 g/mol. The third-order valence-electron chi connectivity index (χ3n) is 2.54. The van der Waals surface area contributed by atoms with Gasteiger partial charge in [-0.25, -0.2) is 0 Å². The lowest BCUT2D eigenvalue weighted by atomic mass is 10.1. The van der Waals surface area contributed by atoms with E-state index >= 15 is 0 Å². The average Bonchev–Trinajstić information content (AvgIpc) is 2.29. The van der Waals surface area contributed by atoms with Gasteiger partial charge in [0.1, 0.15) is 0 Å². The van der Waals surface area contributed by atoms with E-state index in [4.69, 9.17) is 15.2 Å². The predicted octanol–water partition coefficient (Wildman–Crippen LogP) is -0.497. The van der Waals surface area contributed by atoms with Crippen LogP contribution in [0.4, 0.5) is 0 Å². The molecular weight excluding hydrogens is 196 g/mol. The van der Waals surface area contributed by atoms with Gasteiger partial charge in [0.15, 0.2) is 0 Å². The molecule has 1 aliphatic heterocycles. The highest BCUT2D eigenvalue weighted by molar-refractivity contribution is 5.78. The van der Waals surface area contributed by atoms with Crippen molar-refractivity contribution < 1.29 is 14.3 Å². The van der Waals surface area contributed by atoms with Gasteiger partial charge in [-0.3, -0.25) is 4.79 Å². The number of hydrogen-bond donors (Lipinski definition) is 2. The van der Waals surface area contributed by atoms with Crippen molar-refractivity contribution in [3.05, 3.63) is 0 Å². The Morgan fingerprint density at radius 2 is 2.40 bits per heavy atom. The molecule has 0 radical (unpaired) electrons. The summed E-state index contributed by atoms with van der Waals surface area (Å²) in [5.41, 5.74) is 5.48. The maximum Gasteiger partial charge on any atom is 0.224 e. The number of ether oxygens (including phenoxy) is 2. The van der Waals surface area contributed by atoms with Crippen molar-refractivity contribution in [1.29, 1.82) is 0 Å². The molecule has 1 saturated heterocycles. The Morgan fingerprint density at radius 1 is 1.60 bits per heavy atom. The molecule has 0 aromatic carbocycles. The van der Waals surface area contributed by atoms with Gasteiger partial charge in [-0.2, -0.15) is 0 Å². The van der Waals surface area contributed by atoms with E-state index in [1.54, 1.807) is 0 Å². The molecule has 5 nitrogen and oxygen atoms in total. The van der Waals surface area contributed by atoms with E-state index in [1.165, 1.54) is 0 Å². The lowest BCUT2D eigenvalue weighted by Gasteiger charge is -2.23. The van der Waals surface area contributed by atoms with E-state index in [1.807, 2.05) is 6.92 Å². The summed E-state index contributed by atoms with van der Waals surface area (Å²) in [7, 11) is 0. The molecule has 0 aliphatic carbocycles. The van der Waals surface area contributed by atoms with Crippen LogP contribution in [0, 0.1) is 5.92 Å². The fraction of sp³-hybridized carbons (Fsp3) is 0.900. The van der Waals surface area contributed by atoms with Crippen molar-refractivity contribution in [2.45, 2.75) is 19.4 Å². The van der Waals surface area contributed by atoms with Crippen LogP contribution in [0.2, 0.25) is 0 Å². The van der Waals surface area contributed by atoms with Gasteiger partial charge in [0.25, 0.3) is 0 Å². The normalized spacial score (nSPS) is 23.5. The van der Waals surface area contributed by atoms with Crippen LogP contribution in [-0.4, -0.2) is 44.9 Å². The first-order chi connectivity index (χ1) is 7.27. The van der Waals surface area contributed by atoms with Crippen molar-refractivity contribution in [3.63, 3.8) is 0 Å². The second-order valence-electron chi connectivity index (χ2n) is 3.65. The molecule has 5 heteroatoms. The van der Waals surface area contributed by atoms with Gasteiger partial charge in [0.05, 0.1) is 25.9 Å². The van der Waals surface area contributed by atoms with Crippen molar-refractivity contribution in [2.24, 2.45) is 11.7 Å². The van der Waals surface area contributed by atoms with Gasteiger partial charge >= 0.3 is 0 Å². The van der Waals surface area contributed by atoms with Gasteiger partial charge in [-0.1, -0.05) is 6.92 Å². The summed E-state index contributed by atoms with van der Waals surface area (Å²) in [6, 6.07) is 0. The van der Waals surface area contributed by atoms with Crippen LogP contribution in [0.1, 0.15) is 13.3 Å². The molecule has 1 aliphatic rings. The van der Waals surface area contributed by atoms with E-state index in [-0.39, 0.29) is 17.9 Å². The molecule has 15 heavy (non-hydrogen) atoms. The summed E-state index contributed by atoms with van der Waals surface area (Å²) in [6.07, 6.45) is 0.752. The summed E-state index contributed by atoms with van der Waals surface area (Å²) in [4.78, 5) is 11.6. The summed E-state index contributed by atoms with van der Waals surface area (Å²) < 4.78 is 10.6. The first kappa shape index (κ1) is 12.4. The van der Waals surface area contributed by atoms with E-state index in [9.17, 15) is 4.79 Å². The molecule has 1 heterocycles. The van der Waals surface area contributed by atoms with Crippen LogP contribution in [0.5, 0.6) is 0 Å². The van der Waals surface area contributed by atoms with Crippen molar-refractivity contribution >= 4 is 5.91 Å². The fourth-order valence-corrected chi connectivity index (χ4v) is 1.47. The van der Waals surface area contributed by atoms with E-state index in [2.05, 4.69) is 5.32 Å². The van der Waals surface area contributed by atoms with Gasteiger partial charge in [0.2, 0.25) is 5.91 Å². The number of amides is 1.